The molecule has 0 aromatic rings. The Labute approximate surface area is 99.1 Å². The average molecular weight is 312 g/mol. The minimum absolute atomic E-state index is 0.866. The molecule has 5 atom stereocenters. The Morgan fingerprint density at radius 2 is 1.62 bits per heavy atom. The van der Waals surface area contributed by atoms with E-state index in [-0.39, 0.29) is 0 Å². The van der Waals surface area contributed by atoms with Gasteiger partial charge in [0.2, 0.25) is 0 Å². The van der Waals surface area contributed by atoms with Crippen LogP contribution in [0.2, 0.25) is 0 Å². The summed E-state index contributed by atoms with van der Waals surface area (Å²) in [5.41, 5.74) is 0. The van der Waals surface area contributed by atoms with Crippen molar-refractivity contribution in [3.05, 3.63) is 0 Å². The first-order valence-electron chi connectivity index (χ1n) is 5.23. The second-order valence-electron chi connectivity index (χ2n) is 4.66. The van der Waals surface area contributed by atoms with Crippen LogP contribution in [0.15, 0.2) is 0 Å². The molecule has 78 valence electrons. The molecule has 1 saturated carbocycles. The maximum Gasteiger partial charge on any atom is 0.00649 e. The summed E-state index contributed by atoms with van der Waals surface area (Å²) in [7, 11) is 0. The van der Waals surface area contributed by atoms with Gasteiger partial charge in [-0.15, -0.1) is 0 Å². The van der Waals surface area contributed by atoms with Gasteiger partial charge in [-0.25, -0.2) is 0 Å². The Balaban J connectivity index is 2.69. The normalized spacial score (nSPS) is 46.4. The first-order chi connectivity index (χ1) is 6.11. The first-order valence-corrected chi connectivity index (χ1v) is 7.48. The van der Waals surface area contributed by atoms with Gasteiger partial charge in [0.15, 0.2) is 0 Å². The number of hydrogen-bond donors (Lipinski definition) is 0. The quantitative estimate of drug-likeness (QED) is 0.666. The third-order valence-corrected chi connectivity index (χ3v) is 5.62. The summed E-state index contributed by atoms with van der Waals surface area (Å²) in [4.78, 5) is 0. The Hall–Kier alpha value is 0.960. The summed E-state index contributed by atoms with van der Waals surface area (Å²) in [6, 6.07) is 0. The molecule has 0 amide bonds. The van der Waals surface area contributed by atoms with Crippen molar-refractivity contribution in [1.82, 2.24) is 0 Å². The number of rotatable bonds is 2. The number of alkyl halides is 2. The lowest BCUT2D eigenvalue weighted by Crippen LogP contribution is -2.38. The van der Waals surface area contributed by atoms with Crippen LogP contribution in [0.1, 0.15) is 27.2 Å². The lowest BCUT2D eigenvalue weighted by Gasteiger charge is -2.43. The van der Waals surface area contributed by atoms with E-state index in [2.05, 4.69) is 52.6 Å². The highest BCUT2D eigenvalue weighted by Crippen LogP contribution is 2.43. The van der Waals surface area contributed by atoms with E-state index in [0.29, 0.717) is 0 Å². The smallest absolute Gasteiger partial charge is 0.00649 e. The summed E-state index contributed by atoms with van der Waals surface area (Å²) in [5, 5.41) is 2.35. The third kappa shape index (κ3) is 2.50. The van der Waals surface area contributed by atoms with Gasteiger partial charge >= 0.3 is 0 Å². The van der Waals surface area contributed by atoms with Gasteiger partial charge in [-0.05, 0) is 36.0 Å². The Kier molecular flexibility index (Phi) is 4.77. The molecule has 0 heterocycles. The van der Waals surface area contributed by atoms with E-state index in [0.717, 1.165) is 29.6 Å². The van der Waals surface area contributed by atoms with Gasteiger partial charge in [0.05, 0.1) is 0 Å². The van der Waals surface area contributed by atoms with E-state index in [1.807, 2.05) is 0 Å². The van der Waals surface area contributed by atoms with Crippen LogP contribution >= 0.6 is 31.9 Å². The highest BCUT2D eigenvalue weighted by molar-refractivity contribution is 9.09. The second-order valence-corrected chi connectivity index (χ2v) is 5.96. The van der Waals surface area contributed by atoms with Crippen LogP contribution in [-0.4, -0.2) is 10.7 Å². The predicted molar refractivity (Wildman–Crippen MR) is 66.7 cm³/mol. The fourth-order valence-electron chi connectivity index (χ4n) is 2.64. The molecule has 0 aromatic carbocycles. The average Bonchev–Trinajstić information content (AvgIpc) is 2.12. The van der Waals surface area contributed by atoms with Gasteiger partial charge in [-0.1, -0.05) is 52.6 Å². The van der Waals surface area contributed by atoms with Crippen molar-refractivity contribution in [2.75, 3.05) is 10.7 Å². The lowest BCUT2D eigenvalue weighted by atomic mass is 9.65. The molecular formula is C11H20Br2. The molecule has 0 saturated heterocycles. The molecule has 0 aliphatic heterocycles. The molecular weight excluding hydrogens is 292 g/mol. The van der Waals surface area contributed by atoms with E-state index in [4.69, 9.17) is 0 Å². The van der Waals surface area contributed by atoms with Crippen molar-refractivity contribution in [3.63, 3.8) is 0 Å². The third-order valence-electron chi connectivity index (χ3n) is 4.04. The van der Waals surface area contributed by atoms with Crippen LogP contribution < -0.4 is 0 Å². The zero-order chi connectivity index (χ0) is 10.0. The topological polar surface area (TPSA) is 0 Å². The monoisotopic (exact) mass is 310 g/mol. The van der Waals surface area contributed by atoms with Crippen LogP contribution in [-0.2, 0) is 0 Å². The maximum absolute atomic E-state index is 3.66. The number of hydrogen-bond acceptors (Lipinski definition) is 0. The van der Waals surface area contributed by atoms with E-state index >= 15 is 0 Å². The highest BCUT2D eigenvalue weighted by atomic mass is 79.9. The van der Waals surface area contributed by atoms with Crippen LogP contribution in [0.5, 0.6) is 0 Å². The fourth-order valence-corrected chi connectivity index (χ4v) is 4.68. The molecule has 5 unspecified atom stereocenters. The van der Waals surface area contributed by atoms with Gasteiger partial charge in [0.25, 0.3) is 0 Å². The zero-order valence-electron chi connectivity index (χ0n) is 8.76. The minimum atomic E-state index is 0.866. The summed E-state index contributed by atoms with van der Waals surface area (Å²) in [6.07, 6.45) is 1.40. The molecule has 1 rings (SSSR count). The number of halogens is 2. The van der Waals surface area contributed by atoms with Crippen LogP contribution in [0.25, 0.3) is 0 Å². The van der Waals surface area contributed by atoms with Gasteiger partial charge in [0.1, 0.15) is 0 Å². The largest absolute Gasteiger partial charge is 0.0925 e. The molecule has 0 spiro atoms. The molecule has 0 bridgehead atoms. The summed E-state index contributed by atoms with van der Waals surface area (Å²) in [5.74, 6) is 4.39. The van der Waals surface area contributed by atoms with Crippen molar-refractivity contribution in [1.29, 1.82) is 0 Å². The van der Waals surface area contributed by atoms with Crippen molar-refractivity contribution in [3.8, 4) is 0 Å². The van der Waals surface area contributed by atoms with E-state index in [1.165, 1.54) is 17.1 Å². The molecule has 0 radical (unpaired) electrons. The van der Waals surface area contributed by atoms with Crippen LogP contribution in [0, 0.1) is 29.6 Å². The lowest BCUT2D eigenvalue weighted by molar-refractivity contribution is 0.0924. The Bertz CT molecular complexity index is 158. The van der Waals surface area contributed by atoms with E-state index in [1.54, 1.807) is 0 Å². The SMILES string of the molecule is CC1CC(CBr)C(C)C(CBr)C1C. The molecule has 2 heteroatoms. The van der Waals surface area contributed by atoms with Crippen molar-refractivity contribution in [2.24, 2.45) is 29.6 Å². The first kappa shape index (κ1) is 12.0. The minimum Gasteiger partial charge on any atom is -0.0925 e. The summed E-state index contributed by atoms with van der Waals surface area (Å²) >= 11 is 7.30. The van der Waals surface area contributed by atoms with Gasteiger partial charge < -0.3 is 0 Å². The van der Waals surface area contributed by atoms with Gasteiger partial charge in [0, 0.05) is 10.7 Å². The van der Waals surface area contributed by atoms with Crippen molar-refractivity contribution in [2.45, 2.75) is 27.2 Å². The second kappa shape index (κ2) is 5.16. The van der Waals surface area contributed by atoms with Gasteiger partial charge in [-0.3, -0.25) is 0 Å². The maximum atomic E-state index is 3.66. The molecule has 0 aromatic heterocycles. The van der Waals surface area contributed by atoms with E-state index < -0.39 is 0 Å². The standard InChI is InChI=1S/C11H20Br2/c1-7-4-10(5-12)9(3)11(6-13)8(7)2/h7-11H,4-6H2,1-3H3. The molecule has 0 nitrogen and oxygen atoms in total. The Morgan fingerprint density at radius 1 is 1.00 bits per heavy atom. The molecule has 0 N–H and O–H groups in total. The molecule has 1 aliphatic carbocycles. The van der Waals surface area contributed by atoms with Gasteiger partial charge in [-0.2, -0.15) is 0 Å². The molecule has 13 heavy (non-hydrogen) atoms. The summed E-state index contributed by atoms with van der Waals surface area (Å²) in [6.45, 7) is 7.24. The Morgan fingerprint density at radius 3 is 2.08 bits per heavy atom. The predicted octanol–water partition coefficient (Wildman–Crippen LogP) is 4.32. The highest BCUT2D eigenvalue weighted by Gasteiger charge is 2.37. The van der Waals surface area contributed by atoms with Crippen LogP contribution in [0.4, 0.5) is 0 Å². The van der Waals surface area contributed by atoms with Crippen molar-refractivity contribution < 1.29 is 0 Å². The summed E-state index contributed by atoms with van der Waals surface area (Å²) < 4.78 is 0. The van der Waals surface area contributed by atoms with Crippen molar-refractivity contribution >= 4 is 31.9 Å². The fraction of sp³-hybridized carbons (Fsp3) is 1.00. The van der Waals surface area contributed by atoms with Crippen LogP contribution in [0.3, 0.4) is 0 Å². The zero-order valence-corrected chi connectivity index (χ0v) is 11.9. The van der Waals surface area contributed by atoms with E-state index in [9.17, 15) is 0 Å². The molecule has 1 aliphatic rings. The molecule has 1 fully saturated rings.